The van der Waals surface area contributed by atoms with E-state index >= 15 is 0 Å². The molecule has 4 heteroatoms. The summed E-state index contributed by atoms with van der Waals surface area (Å²) in [6.45, 7) is 2.32. The zero-order chi connectivity index (χ0) is 14.5. The lowest BCUT2D eigenvalue weighted by atomic mass is 10.1. The highest BCUT2D eigenvalue weighted by atomic mass is 16.5. The molecule has 0 atom stereocenters. The van der Waals surface area contributed by atoms with Gasteiger partial charge in [-0.15, -0.1) is 0 Å². The lowest BCUT2D eigenvalue weighted by Gasteiger charge is -2.19. The fourth-order valence-electron chi connectivity index (χ4n) is 1.98. The first-order valence-electron chi connectivity index (χ1n) is 6.49. The molecule has 2 rings (SSSR count). The van der Waals surface area contributed by atoms with Crippen LogP contribution in [0.1, 0.15) is 17.3 Å². The molecular formula is C16H18N2O2. The van der Waals surface area contributed by atoms with Gasteiger partial charge in [0.2, 0.25) is 0 Å². The molecule has 2 aromatic rings. The van der Waals surface area contributed by atoms with Crippen LogP contribution in [0.2, 0.25) is 0 Å². The van der Waals surface area contributed by atoms with Gasteiger partial charge in [0, 0.05) is 12.7 Å². The van der Waals surface area contributed by atoms with Crippen molar-refractivity contribution in [2.45, 2.75) is 6.92 Å². The Kier molecular flexibility index (Phi) is 4.25. The summed E-state index contributed by atoms with van der Waals surface area (Å²) in [4.78, 5) is 14.2. The minimum absolute atomic E-state index is 0.146. The summed E-state index contributed by atoms with van der Waals surface area (Å²) in [5.41, 5.74) is 7.65. The Balaban J connectivity index is 2.36. The number of nitrogens with two attached hydrogens (primary N) is 1. The number of nitrogen functional groups attached to an aromatic ring is 1. The molecule has 0 spiro atoms. The van der Waals surface area contributed by atoms with Crippen molar-refractivity contribution < 1.29 is 9.53 Å². The fraction of sp³-hybridized carbons (Fsp3) is 0.188. The predicted molar refractivity (Wildman–Crippen MR) is 81.2 cm³/mol. The van der Waals surface area contributed by atoms with Gasteiger partial charge in [-0.25, -0.2) is 0 Å². The number of ether oxygens (including phenoxy) is 1. The number of hydrogen-bond donors (Lipinski definition) is 1. The molecule has 0 radical (unpaired) electrons. The van der Waals surface area contributed by atoms with E-state index in [0.717, 1.165) is 5.69 Å². The molecule has 4 nitrogen and oxygen atoms in total. The molecule has 0 saturated carbocycles. The van der Waals surface area contributed by atoms with Gasteiger partial charge >= 0.3 is 0 Å². The minimum atomic E-state index is -0.146. The van der Waals surface area contributed by atoms with Gasteiger partial charge in [0.05, 0.1) is 17.9 Å². The van der Waals surface area contributed by atoms with Crippen LogP contribution in [-0.4, -0.2) is 19.6 Å². The van der Waals surface area contributed by atoms with Crippen LogP contribution in [0.25, 0.3) is 0 Å². The summed E-state index contributed by atoms with van der Waals surface area (Å²) in [5.74, 6) is 0.301. The maximum absolute atomic E-state index is 12.6. The highest BCUT2D eigenvalue weighted by molar-refractivity contribution is 6.08. The molecule has 0 saturated heterocycles. The first-order chi connectivity index (χ1) is 9.65. The Morgan fingerprint density at radius 3 is 2.50 bits per heavy atom. The summed E-state index contributed by atoms with van der Waals surface area (Å²) in [6.07, 6.45) is 0. The topological polar surface area (TPSA) is 55.6 Å². The number of hydrogen-bond acceptors (Lipinski definition) is 3. The van der Waals surface area contributed by atoms with Crippen molar-refractivity contribution in [3.05, 3.63) is 54.1 Å². The third kappa shape index (κ3) is 2.74. The average Bonchev–Trinajstić information content (AvgIpc) is 2.49. The molecule has 0 aromatic heterocycles. The van der Waals surface area contributed by atoms with Crippen molar-refractivity contribution in [1.82, 2.24) is 0 Å². The zero-order valence-electron chi connectivity index (χ0n) is 11.7. The molecule has 0 aliphatic heterocycles. The second kappa shape index (κ2) is 6.10. The lowest BCUT2D eigenvalue weighted by molar-refractivity contribution is 0.0989. The highest BCUT2D eigenvalue weighted by Gasteiger charge is 2.19. The first-order valence-corrected chi connectivity index (χ1v) is 6.49. The van der Waals surface area contributed by atoms with Crippen LogP contribution in [0.3, 0.4) is 0 Å². The summed E-state index contributed by atoms with van der Waals surface area (Å²) >= 11 is 0. The summed E-state index contributed by atoms with van der Waals surface area (Å²) < 4.78 is 5.50. The van der Waals surface area contributed by atoms with Gasteiger partial charge in [-0.2, -0.15) is 0 Å². The molecule has 0 heterocycles. The smallest absolute Gasteiger partial charge is 0.261 e. The number of anilines is 2. The monoisotopic (exact) mass is 270 g/mol. The van der Waals surface area contributed by atoms with E-state index in [2.05, 4.69) is 0 Å². The van der Waals surface area contributed by atoms with E-state index in [-0.39, 0.29) is 5.91 Å². The van der Waals surface area contributed by atoms with Crippen LogP contribution in [-0.2, 0) is 0 Å². The molecular weight excluding hydrogens is 252 g/mol. The van der Waals surface area contributed by atoms with Gasteiger partial charge in [0.15, 0.2) is 5.75 Å². The summed E-state index contributed by atoms with van der Waals surface area (Å²) in [6, 6.07) is 14.7. The van der Waals surface area contributed by atoms with E-state index in [4.69, 9.17) is 10.5 Å². The van der Waals surface area contributed by atoms with E-state index in [1.54, 1.807) is 30.1 Å². The van der Waals surface area contributed by atoms with Crippen molar-refractivity contribution in [3.8, 4) is 5.75 Å². The average molecular weight is 270 g/mol. The second-order valence-corrected chi connectivity index (χ2v) is 4.36. The van der Waals surface area contributed by atoms with Gasteiger partial charge in [-0.3, -0.25) is 4.79 Å². The van der Waals surface area contributed by atoms with Crippen LogP contribution in [0.15, 0.2) is 48.5 Å². The highest BCUT2D eigenvalue weighted by Crippen LogP contribution is 2.28. The Labute approximate surface area is 118 Å². The number of para-hydroxylation sites is 2. The Morgan fingerprint density at radius 2 is 1.85 bits per heavy atom. The number of carbonyl (C=O) groups is 1. The number of nitrogens with zero attached hydrogens (tertiary/aromatic N) is 1. The SMILES string of the molecule is CCOc1c(N)cccc1C(=O)N(C)c1ccccc1. The molecule has 0 aliphatic carbocycles. The molecule has 2 aromatic carbocycles. The quantitative estimate of drug-likeness (QED) is 0.869. The van der Waals surface area contributed by atoms with Crippen molar-refractivity contribution in [2.75, 3.05) is 24.3 Å². The van der Waals surface area contributed by atoms with Crippen molar-refractivity contribution >= 4 is 17.3 Å². The van der Waals surface area contributed by atoms with E-state index in [1.807, 2.05) is 37.3 Å². The maximum atomic E-state index is 12.6. The number of rotatable bonds is 4. The minimum Gasteiger partial charge on any atom is -0.491 e. The normalized spacial score (nSPS) is 10.1. The van der Waals surface area contributed by atoms with Gasteiger partial charge in [-0.05, 0) is 31.2 Å². The molecule has 0 aliphatic rings. The van der Waals surface area contributed by atoms with Crippen LogP contribution in [0, 0.1) is 0 Å². The number of amides is 1. The van der Waals surface area contributed by atoms with Crippen molar-refractivity contribution in [2.24, 2.45) is 0 Å². The van der Waals surface area contributed by atoms with E-state index in [9.17, 15) is 4.79 Å². The first kappa shape index (κ1) is 13.9. The Hall–Kier alpha value is -2.49. The molecule has 0 unspecified atom stereocenters. The molecule has 20 heavy (non-hydrogen) atoms. The lowest BCUT2D eigenvalue weighted by Crippen LogP contribution is -2.26. The molecule has 2 N–H and O–H groups in total. The standard InChI is InChI=1S/C16H18N2O2/c1-3-20-15-13(10-7-11-14(15)17)16(19)18(2)12-8-5-4-6-9-12/h4-11H,3,17H2,1-2H3. The van der Waals surface area contributed by atoms with Gasteiger partial charge in [-0.1, -0.05) is 24.3 Å². The van der Waals surface area contributed by atoms with Gasteiger partial charge < -0.3 is 15.4 Å². The second-order valence-electron chi connectivity index (χ2n) is 4.36. The van der Waals surface area contributed by atoms with Crippen LogP contribution >= 0.6 is 0 Å². The summed E-state index contributed by atoms with van der Waals surface area (Å²) in [7, 11) is 1.73. The van der Waals surface area contributed by atoms with Gasteiger partial charge in [0.1, 0.15) is 0 Å². The largest absolute Gasteiger partial charge is 0.491 e. The van der Waals surface area contributed by atoms with E-state index in [0.29, 0.717) is 23.6 Å². The maximum Gasteiger partial charge on any atom is 0.261 e. The van der Waals surface area contributed by atoms with E-state index in [1.165, 1.54) is 0 Å². The molecule has 0 fully saturated rings. The molecule has 1 amide bonds. The van der Waals surface area contributed by atoms with Gasteiger partial charge in [0.25, 0.3) is 5.91 Å². The Morgan fingerprint density at radius 1 is 1.15 bits per heavy atom. The third-order valence-electron chi connectivity index (χ3n) is 3.01. The third-order valence-corrected chi connectivity index (χ3v) is 3.01. The van der Waals surface area contributed by atoms with Crippen LogP contribution in [0.4, 0.5) is 11.4 Å². The zero-order valence-corrected chi connectivity index (χ0v) is 11.7. The Bertz CT molecular complexity index is 597. The van der Waals surface area contributed by atoms with Crippen molar-refractivity contribution in [3.63, 3.8) is 0 Å². The van der Waals surface area contributed by atoms with Crippen LogP contribution < -0.4 is 15.4 Å². The predicted octanol–water partition coefficient (Wildman–Crippen LogP) is 2.94. The molecule has 104 valence electrons. The summed E-state index contributed by atoms with van der Waals surface area (Å²) in [5, 5.41) is 0. The molecule has 0 bridgehead atoms. The fourth-order valence-corrected chi connectivity index (χ4v) is 1.98. The number of carbonyl (C=O) groups excluding carboxylic acids is 1. The van der Waals surface area contributed by atoms with Crippen molar-refractivity contribution in [1.29, 1.82) is 0 Å². The number of benzene rings is 2. The van der Waals surface area contributed by atoms with E-state index < -0.39 is 0 Å². The van der Waals surface area contributed by atoms with Crippen LogP contribution in [0.5, 0.6) is 5.75 Å².